The number of amides is 2. The summed E-state index contributed by atoms with van der Waals surface area (Å²) in [4.78, 5) is 34.4. The van der Waals surface area contributed by atoms with Crippen LogP contribution in [0.5, 0.6) is 0 Å². The van der Waals surface area contributed by atoms with Gasteiger partial charge in [-0.1, -0.05) is 54.1 Å². The van der Waals surface area contributed by atoms with Crippen LogP contribution in [0, 0.1) is 5.92 Å². The number of carbonyl (C=O) groups excluding carboxylic acids is 3. The fraction of sp³-hybridized carbons (Fsp3) is 0.625. The van der Waals surface area contributed by atoms with Gasteiger partial charge in [-0.3, -0.25) is 9.59 Å². The van der Waals surface area contributed by atoms with Gasteiger partial charge in [-0.25, -0.2) is 0 Å². The highest BCUT2D eigenvalue weighted by Crippen LogP contribution is 2.27. The number of benzene rings is 1. The molecule has 1 unspecified atom stereocenters. The van der Waals surface area contributed by atoms with Crippen LogP contribution in [0.15, 0.2) is 24.3 Å². The van der Waals surface area contributed by atoms with Gasteiger partial charge < -0.3 is 26.5 Å². The first-order valence-corrected chi connectivity index (χ1v) is 12.7. The number of hydrogen-bond acceptors (Lipinski definition) is 5. The lowest BCUT2D eigenvalue weighted by molar-refractivity contribution is -0.126. The van der Waals surface area contributed by atoms with Crippen molar-refractivity contribution in [3.63, 3.8) is 0 Å². The van der Waals surface area contributed by atoms with Gasteiger partial charge in [0, 0.05) is 24.8 Å². The van der Waals surface area contributed by atoms with Crippen molar-refractivity contribution in [1.29, 1.82) is 0 Å². The van der Waals surface area contributed by atoms with Crippen molar-refractivity contribution >= 4 is 45.4 Å². The number of halogens is 1. The van der Waals surface area contributed by atoms with Crippen molar-refractivity contribution in [2.45, 2.75) is 70.3 Å². The molecule has 0 saturated heterocycles. The summed E-state index contributed by atoms with van der Waals surface area (Å²) in [6.45, 7) is 0.591. The maximum Gasteiger partial charge on any atom is 0.246 e. The van der Waals surface area contributed by atoms with Crippen LogP contribution >= 0.6 is 15.9 Å². The van der Waals surface area contributed by atoms with Gasteiger partial charge in [0.15, 0.2) is 0 Å². The maximum absolute atomic E-state index is 12.8. The minimum Gasteiger partial charge on any atom is -0.388 e. The number of rotatable bonds is 12. The molecule has 2 rings (SSSR count). The standard InChI is InChI=1S/C22H36N4O2.C2H3BrO/c1-24-18-10-7-11-19(16-18)25-22(28)20(12-5-6-15-23)26-21(27)14-13-17-8-3-2-4-9-17;3-1-2-4/h7,10-11,16-17,20,24H,2-6,8-9,12-15,23H2,1H3,(H,25,28)(H,26,27);2H,1H2. The first-order chi connectivity index (χ1) is 15.5. The van der Waals surface area contributed by atoms with E-state index in [0.717, 1.165) is 36.9 Å². The van der Waals surface area contributed by atoms with Gasteiger partial charge in [-0.15, -0.1) is 0 Å². The molecule has 1 saturated carbocycles. The van der Waals surface area contributed by atoms with E-state index in [1.54, 1.807) is 0 Å². The molecule has 1 aromatic carbocycles. The molecule has 7 nitrogen and oxygen atoms in total. The highest BCUT2D eigenvalue weighted by Gasteiger charge is 2.22. The Hall–Kier alpha value is -1.93. The summed E-state index contributed by atoms with van der Waals surface area (Å²) in [5.41, 5.74) is 7.23. The summed E-state index contributed by atoms with van der Waals surface area (Å²) in [5, 5.41) is 9.39. The van der Waals surface area contributed by atoms with Gasteiger partial charge in [0.05, 0.1) is 5.33 Å². The van der Waals surface area contributed by atoms with E-state index in [4.69, 9.17) is 10.5 Å². The van der Waals surface area contributed by atoms with Crippen molar-refractivity contribution in [2.75, 3.05) is 29.6 Å². The molecule has 0 aromatic heterocycles. The first kappa shape index (κ1) is 28.1. The van der Waals surface area contributed by atoms with Gasteiger partial charge >= 0.3 is 0 Å². The number of alkyl halides is 1. The highest BCUT2D eigenvalue weighted by atomic mass is 79.9. The summed E-state index contributed by atoms with van der Waals surface area (Å²) in [5.74, 6) is 0.465. The topological polar surface area (TPSA) is 113 Å². The molecule has 0 radical (unpaired) electrons. The normalized spacial score (nSPS) is 14.5. The largest absolute Gasteiger partial charge is 0.388 e. The number of nitrogens with two attached hydrogens (primary N) is 1. The quantitative estimate of drug-likeness (QED) is 0.191. The number of carbonyl (C=O) groups is 3. The third-order valence-corrected chi connectivity index (χ3v) is 5.85. The van der Waals surface area contributed by atoms with E-state index in [-0.39, 0.29) is 11.8 Å². The van der Waals surface area contributed by atoms with Crippen molar-refractivity contribution in [2.24, 2.45) is 11.7 Å². The van der Waals surface area contributed by atoms with Crippen molar-refractivity contribution in [3.05, 3.63) is 24.3 Å². The molecular formula is C24H39BrN4O3. The Morgan fingerprint density at radius 2 is 1.88 bits per heavy atom. The van der Waals surface area contributed by atoms with E-state index < -0.39 is 6.04 Å². The Morgan fingerprint density at radius 1 is 1.19 bits per heavy atom. The molecule has 1 atom stereocenters. The van der Waals surface area contributed by atoms with E-state index in [2.05, 4.69) is 31.9 Å². The second-order valence-electron chi connectivity index (χ2n) is 8.09. The molecule has 1 aromatic rings. The fourth-order valence-corrected chi connectivity index (χ4v) is 3.82. The molecule has 0 aliphatic heterocycles. The fourth-order valence-electron chi connectivity index (χ4n) is 3.82. The Morgan fingerprint density at radius 3 is 2.50 bits per heavy atom. The molecule has 2 amide bonds. The summed E-state index contributed by atoms with van der Waals surface area (Å²) in [7, 11) is 1.84. The smallest absolute Gasteiger partial charge is 0.246 e. The van der Waals surface area contributed by atoms with Gasteiger partial charge in [-0.05, 0) is 56.3 Å². The molecule has 0 heterocycles. The SMILES string of the molecule is CNc1cccc(NC(=O)C(CCCCN)NC(=O)CCC2CCCCC2)c1.O=CCBr. The Kier molecular flexibility index (Phi) is 15.5. The van der Waals surface area contributed by atoms with Crippen LogP contribution in [0.2, 0.25) is 0 Å². The van der Waals surface area contributed by atoms with E-state index in [1.807, 2.05) is 31.3 Å². The van der Waals surface area contributed by atoms with Gasteiger partial charge in [-0.2, -0.15) is 0 Å². The Balaban J connectivity index is 0.00000118. The third kappa shape index (κ3) is 12.2. The van der Waals surface area contributed by atoms with E-state index in [1.165, 1.54) is 32.1 Å². The van der Waals surface area contributed by atoms with Gasteiger partial charge in [0.1, 0.15) is 12.3 Å². The molecule has 1 aliphatic carbocycles. The Bertz CT molecular complexity index is 681. The van der Waals surface area contributed by atoms with Crippen LogP contribution in [0.1, 0.15) is 64.2 Å². The number of hydrogen-bond donors (Lipinski definition) is 4. The molecule has 180 valence electrons. The molecular weight excluding hydrogens is 472 g/mol. The summed E-state index contributed by atoms with van der Waals surface area (Å²) >= 11 is 2.88. The molecule has 1 aliphatic rings. The van der Waals surface area contributed by atoms with Crippen LogP contribution in [0.25, 0.3) is 0 Å². The molecule has 0 spiro atoms. The second-order valence-corrected chi connectivity index (χ2v) is 8.74. The van der Waals surface area contributed by atoms with Gasteiger partial charge in [0.25, 0.3) is 0 Å². The number of anilines is 2. The zero-order chi connectivity index (χ0) is 23.6. The lowest BCUT2D eigenvalue weighted by atomic mass is 9.86. The van der Waals surface area contributed by atoms with E-state index >= 15 is 0 Å². The van der Waals surface area contributed by atoms with Crippen LogP contribution < -0.4 is 21.7 Å². The lowest BCUT2D eigenvalue weighted by Gasteiger charge is -2.22. The number of nitrogens with one attached hydrogen (secondary N) is 3. The zero-order valence-corrected chi connectivity index (χ0v) is 20.8. The number of unbranched alkanes of at least 4 members (excludes halogenated alkanes) is 1. The second kappa shape index (κ2) is 17.6. The monoisotopic (exact) mass is 510 g/mol. The molecule has 1 fully saturated rings. The minimum absolute atomic E-state index is 0.0255. The average Bonchev–Trinajstić information content (AvgIpc) is 2.83. The number of aldehydes is 1. The summed E-state index contributed by atoms with van der Waals surface area (Å²) in [6, 6.07) is 7.01. The molecule has 32 heavy (non-hydrogen) atoms. The Labute approximate surface area is 200 Å². The summed E-state index contributed by atoms with van der Waals surface area (Å²) in [6.07, 6.45) is 10.8. The molecule has 8 heteroatoms. The maximum atomic E-state index is 12.8. The van der Waals surface area contributed by atoms with Crippen molar-refractivity contribution < 1.29 is 14.4 Å². The predicted octanol–water partition coefficient (Wildman–Crippen LogP) is 4.22. The first-order valence-electron chi connectivity index (χ1n) is 11.6. The van der Waals surface area contributed by atoms with E-state index in [0.29, 0.717) is 30.6 Å². The average molecular weight is 512 g/mol. The minimum atomic E-state index is -0.524. The van der Waals surface area contributed by atoms with Crippen LogP contribution in [0.4, 0.5) is 11.4 Å². The predicted molar refractivity (Wildman–Crippen MR) is 135 cm³/mol. The van der Waals surface area contributed by atoms with Crippen LogP contribution in [-0.2, 0) is 14.4 Å². The molecule has 0 bridgehead atoms. The van der Waals surface area contributed by atoms with Crippen molar-refractivity contribution in [3.8, 4) is 0 Å². The van der Waals surface area contributed by atoms with Crippen LogP contribution in [-0.4, -0.2) is 43.1 Å². The lowest BCUT2D eigenvalue weighted by Crippen LogP contribution is -2.44. The van der Waals surface area contributed by atoms with Crippen molar-refractivity contribution in [1.82, 2.24) is 5.32 Å². The third-order valence-electron chi connectivity index (χ3n) is 5.58. The summed E-state index contributed by atoms with van der Waals surface area (Å²) < 4.78 is 0. The highest BCUT2D eigenvalue weighted by molar-refractivity contribution is 9.09. The van der Waals surface area contributed by atoms with Crippen LogP contribution in [0.3, 0.4) is 0 Å². The van der Waals surface area contributed by atoms with E-state index in [9.17, 15) is 9.59 Å². The molecule has 5 N–H and O–H groups in total. The zero-order valence-electron chi connectivity index (χ0n) is 19.2. The van der Waals surface area contributed by atoms with Gasteiger partial charge in [0.2, 0.25) is 11.8 Å².